The lowest BCUT2D eigenvalue weighted by atomic mass is 9.63. The highest BCUT2D eigenvalue weighted by molar-refractivity contribution is 5.06. The van der Waals surface area contributed by atoms with Gasteiger partial charge in [0.25, 0.3) is 0 Å². The zero-order chi connectivity index (χ0) is 14.0. The van der Waals surface area contributed by atoms with Gasteiger partial charge in [-0.1, -0.05) is 27.2 Å². The van der Waals surface area contributed by atoms with Crippen molar-refractivity contribution in [3.8, 4) is 0 Å². The predicted molar refractivity (Wildman–Crippen MR) is 80.5 cm³/mol. The second-order valence-electron chi connectivity index (χ2n) is 6.96. The van der Waals surface area contributed by atoms with Crippen molar-refractivity contribution in [2.45, 2.75) is 78.1 Å². The Kier molecular flexibility index (Phi) is 4.91. The summed E-state index contributed by atoms with van der Waals surface area (Å²) in [6.07, 6.45) is 4.24. The van der Waals surface area contributed by atoms with Crippen molar-refractivity contribution in [2.75, 3.05) is 19.7 Å². The number of rotatable bonds is 5. The van der Waals surface area contributed by atoms with Gasteiger partial charge in [-0.15, -0.1) is 0 Å². The Bertz CT molecular complexity index is 292. The van der Waals surface area contributed by atoms with Crippen LogP contribution in [0, 0.1) is 5.41 Å². The van der Waals surface area contributed by atoms with Crippen molar-refractivity contribution in [1.29, 1.82) is 0 Å². The molecule has 4 atom stereocenters. The molecule has 0 radical (unpaired) electrons. The van der Waals surface area contributed by atoms with Crippen molar-refractivity contribution in [1.82, 2.24) is 10.2 Å². The highest BCUT2D eigenvalue weighted by atomic mass is 16.5. The van der Waals surface area contributed by atoms with Crippen molar-refractivity contribution < 1.29 is 4.74 Å². The van der Waals surface area contributed by atoms with Gasteiger partial charge in [0.05, 0.1) is 6.10 Å². The van der Waals surface area contributed by atoms with E-state index in [2.05, 4.69) is 44.8 Å². The van der Waals surface area contributed by atoms with E-state index in [1.165, 1.54) is 25.8 Å². The number of hydrogen-bond donors (Lipinski definition) is 1. The average molecular weight is 268 g/mol. The van der Waals surface area contributed by atoms with E-state index < -0.39 is 0 Å². The standard InChI is InChI=1S/C16H32N2O/c1-6-8-13-11-18(12(3)10-17-13)14-9-15(19-7-2)16(14,4)5/h12-15,17H,6-11H2,1-5H3. The van der Waals surface area contributed by atoms with E-state index in [1.807, 2.05) is 0 Å². The molecule has 1 saturated heterocycles. The van der Waals surface area contributed by atoms with E-state index in [4.69, 9.17) is 4.74 Å². The van der Waals surface area contributed by atoms with Gasteiger partial charge in [0.15, 0.2) is 0 Å². The van der Waals surface area contributed by atoms with Crippen LogP contribution in [-0.4, -0.2) is 48.8 Å². The number of hydrogen-bond acceptors (Lipinski definition) is 3. The summed E-state index contributed by atoms with van der Waals surface area (Å²) in [5, 5.41) is 3.69. The molecular formula is C16H32N2O. The average Bonchev–Trinajstić information content (AvgIpc) is 2.37. The van der Waals surface area contributed by atoms with Gasteiger partial charge in [-0.3, -0.25) is 4.90 Å². The monoisotopic (exact) mass is 268 g/mol. The first-order valence-electron chi connectivity index (χ1n) is 8.11. The SMILES string of the molecule is CCCC1CN(C2CC(OCC)C2(C)C)C(C)CN1. The van der Waals surface area contributed by atoms with Crippen LogP contribution in [0.3, 0.4) is 0 Å². The minimum Gasteiger partial charge on any atom is -0.378 e. The summed E-state index contributed by atoms with van der Waals surface area (Å²) in [4.78, 5) is 2.74. The first-order valence-corrected chi connectivity index (χ1v) is 8.11. The lowest BCUT2D eigenvalue weighted by Crippen LogP contribution is -2.68. The third-order valence-corrected chi connectivity index (χ3v) is 5.23. The quantitative estimate of drug-likeness (QED) is 0.829. The summed E-state index contributed by atoms with van der Waals surface area (Å²) in [5.74, 6) is 0. The fraction of sp³-hybridized carbons (Fsp3) is 1.00. The molecule has 19 heavy (non-hydrogen) atoms. The number of ether oxygens (including phenoxy) is 1. The molecule has 1 saturated carbocycles. The van der Waals surface area contributed by atoms with Crippen molar-refractivity contribution in [3.05, 3.63) is 0 Å². The van der Waals surface area contributed by atoms with Gasteiger partial charge in [-0.05, 0) is 26.7 Å². The van der Waals surface area contributed by atoms with Crippen molar-refractivity contribution in [3.63, 3.8) is 0 Å². The van der Waals surface area contributed by atoms with Gasteiger partial charge in [0, 0.05) is 43.2 Å². The van der Waals surface area contributed by atoms with Crippen molar-refractivity contribution in [2.24, 2.45) is 5.41 Å². The van der Waals surface area contributed by atoms with Gasteiger partial charge in [-0.2, -0.15) is 0 Å². The van der Waals surface area contributed by atoms with Crippen molar-refractivity contribution >= 4 is 0 Å². The Morgan fingerprint density at radius 3 is 2.63 bits per heavy atom. The normalized spacial score (nSPS) is 39.0. The molecule has 2 fully saturated rings. The number of piperazine rings is 1. The summed E-state index contributed by atoms with van der Waals surface area (Å²) >= 11 is 0. The maximum atomic E-state index is 5.88. The van der Waals surface area contributed by atoms with Crippen LogP contribution in [0.5, 0.6) is 0 Å². The largest absolute Gasteiger partial charge is 0.378 e. The molecular weight excluding hydrogens is 236 g/mol. The van der Waals surface area contributed by atoms with Crippen LogP contribution in [0.2, 0.25) is 0 Å². The summed E-state index contributed by atoms with van der Waals surface area (Å²) < 4.78 is 5.88. The summed E-state index contributed by atoms with van der Waals surface area (Å²) in [5.41, 5.74) is 0.304. The molecule has 1 heterocycles. The highest BCUT2D eigenvalue weighted by Gasteiger charge is 2.52. The van der Waals surface area contributed by atoms with Gasteiger partial charge in [0.2, 0.25) is 0 Å². The fourth-order valence-electron chi connectivity index (χ4n) is 3.84. The fourth-order valence-corrected chi connectivity index (χ4v) is 3.84. The zero-order valence-electron chi connectivity index (χ0n) is 13.4. The summed E-state index contributed by atoms with van der Waals surface area (Å²) in [7, 11) is 0. The number of nitrogens with zero attached hydrogens (tertiary/aromatic N) is 1. The first kappa shape index (κ1) is 15.3. The molecule has 0 spiro atoms. The van der Waals surface area contributed by atoms with E-state index in [-0.39, 0.29) is 0 Å². The van der Waals surface area contributed by atoms with E-state index >= 15 is 0 Å². The molecule has 0 aromatic heterocycles. The van der Waals surface area contributed by atoms with E-state index in [0.29, 0.717) is 29.6 Å². The minimum absolute atomic E-state index is 0.304. The van der Waals surface area contributed by atoms with Crippen LogP contribution in [0.1, 0.15) is 53.9 Å². The molecule has 0 amide bonds. The predicted octanol–water partition coefficient (Wildman–Crippen LogP) is 2.65. The second-order valence-corrected chi connectivity index (χ2v) is 6.96. The Hall–Kier alpha value is -0.120. The molecule has 1 aliphatic carbocycles. The molecule has 0 aromatic rings. The molecule has 3 nitrogen and oxygen atoms in total. The molecule has 112 valence electrons. The van der Waals surface area contributed by atoms with Crippen LogP contribution in [0.15, 0.2) is 0 Å². The Balaban J connectivity index is 1.97. The topological polar surface area (TPSA) is 24.5 Å². The van der Waals surface area contributed by atoms with Crippen LogP contribution in [0.4, 0.5) is 0 Å². The third kappa shape index (κ3) is 2.98. The molecule has 1 N–H and O–H groups in total. The Morgan fingerprint density at radius 2 is 2.05 bits per heavy atom. The van der Waals surface area contributed by atoms with Crippen LogP contribution in [0.25, 0.3) is 0 Å². The van der Waals surface area contributed by atoms with E-state index in [9.17, 15) is 0 Å². The second kappa shape index (κ2) is 6.11. The lowest BCUT2D eigenvalue weighted by Gasteiger charge is -2.59. The molecule has 3 heteroatoms. The maximum Gasteiger partial charge on any atom is 0.0655 e. The lowest BCUT2D eigenvalue weighted by molar-refractivity contribution is -0.161. The van der Waals surface area contributed by atoms with Crippen LogP contribution in [-0.2, 0) is 4.74 Å². The van der Waals surface area contributed by atoms with Gasteiger partial charge in [0.1, 0.15) is 0 Å². The summed E-state index contributed by atoms with van der Waals surface area (Å²) in [6, 6.07) is 2.03. The third-order valence-electron chi connectivity index (χ3n) is 5.23. The maximum absolute atomic E-state index is 5.88. The Labute approximate surface area is 119 Å². The van der Waals surface area contributed by atoms with Gasteiger partial charge >= 0.3 is 0 Å². The van der Waals surface area contributed by atoms with Crippen LogP contribution >= 0.6 is 0 Å². The van der Waals surface area contributed by atoms with E-state index in [0.717, 1.165) is 13.2 Å². The van der Waals surface area contributed by atoms with E-state index in [1.54, 1.807) is 0 Å². The zero-order valence-corrected chi connectivity index (χ0v) is 13.4. The number of nitrogens with one attached hydrogen (secondary N) is 1. The Morgan fingerprint density at radius 1 is 1.32 bits per heavy atom. The minimum atomic E-state index is 0.304. The molecule has 4 unspecified atom stereocenters. The first-order chi connectivity index (χ1) is 9.00. The summed E-state index contributed by atoms with van der Waals surface area (Å²) in [6.45, 7) is 14.7. The molecule has 1 aliphatic heterocycles. The van der Waals surface area contributed by atoms with Gasteiger partial charge in [-0.25, -0.2) is 0 Å². The highest BCUT2D eigenvalue weighted by Crippen LogP contribution is 2.46. The molecule has 0 bridgehead atoms. The molecule has 2 aliphatic rings. The van der Waals surface area contributed by atoms with Crippen LogP contribution < -0.4 is 5.32 Å². The molecule has 0 aromatic carbocycles. The molecule has 2 rings (SSSR count). The smallest absolute Gasteiger partial charge is 0.0655 e. The van der Waals surface area contributed by atoms with Gasteiger partial charge < -0.3 is 10.1 Å².